The highest BCUT2D eigenvalue weighted by atomic mass is 16.5. The molecule has 0 spiro atoms. The van der Waals surface area contributed by atoms with Crippen molar-refractivity contribution in [2.75, 3.05) is 12.4 Å². The van der Waals surface area contributed by atoms with Crippen LogP contribution in [0.1, 0.15) is 0 Å². The Morgan fingerprint density at radius 3 is 2.80 bits per heavy atom. The standard InChI is InChI=1S/C6H9N3O/c1-8-5-2-3-6(7)9(10)4-5/h2-4,7-8,10H,1H3. The van der Waals surface area contributed by atoms with Gasteiger partial charge in [-0.05, 0) is 12.1 Å². The highest BCUT2D eigenvalue weighted by Crippen LogP contribution is 1.98. The van der Waals surface area contributed by atoms with Crippen molar-refractivity contribution >= 4 is 5.69 Å². The number of rotatable bonds is 1. The topological polar surface area (TPSA) is 61.0 Å². The summed E-state index contributed by atoms with van der Waals surface area (Å²) < 4.78 is 0.756. The monoisotopic (exact) mass is 139 g/mol. The zero-order valence-electron chi connectivity index (χ0n) is 5.63. The van der Waals surface area contributed by atoms with Crippen LogP contribution in [0.15, 0.2) is 18.3 Å². The lowest BCUT2D eigenvalue weighted by atomic mass is 10.4. The van der Waals surface area contributed by atoms with Gasteiger partial charge in [0.2, 0.25) is 0 Å². The summed E-state index contributed by atoms with van der Waals surface area (Å²) in [6.07, 6.45) is 1.43. The minimum absolute atomic E-state index is 0.0685. The van der Waals surface area contributed by atoms with Crippen molar-refractivity contribution in [3.8, 4) is 0 Å². The first-order valence-corrected chi connectivity index (χ1v) is 2.88. The average molecular weight is 139 g/mol. The van der Waals surface area contributed by atoms with E-state index in [0.717, 1.165) is 10.4 Å². The molecule has 3 N–H and O–H groups in total. The quantitative estimate of drug-likeness (QED) is 0.488. The van der Waals surface area contributed by atoms with E-state index in [1.165, 1.54) is 12.3 Å². The van der Waals surface area contributed by atoms with Crippen LogP contribution in [0.2, 0.25) is 0 Å². The minimum Gasteiger partial charge on any atom is -0.427 e. The molecule has 10 heavy (non-hydrogen) atoms. The van der Waals surface area contributed by atoms with Crippen LogP contribution in [0.4, 0.5) is 5.69 Å². The SMILES string of the molecule is CNc1ccc(=N)n(O)c1. The molecule has 54 valence electrons. The second-order valence-electron chi connectivity index (χ2n) is 1.90. The summed E-state index contributed by atoms with van der Waals surface area (Å²) in [7, 11) is 1.75. The lowest BCUT2D eigenvalue weighted by molar-refractivity contribution is 0.171. The van der Waals surface area contributed by atoms with Crippen LogP contribution < -0.4 is 10.8 Å². The van der Waals surface area contributed by atoms with Gasteiger partial charge in [-0.25, -0.2) is 0 Å². The molecule has 1 rings (SSSR count). The number of hydrogen-bond acceptors (Lipinski definition) is 3. The molecule has 0 aliphatic rings. The first-order chi connectivity index (χ1) is 4.74. The molecular formula is C6H9N3O. The van der Waals surface area contributed by atoms with Gasteiger partial charge in [-0.2, -0.15) is 4.73 Å². The number of pyridine rings is 1. The summed E-state index contributed by atoms with van der Waals surface area (Å²) in [6.45, 7) is 0. The van der Waals surface area contributed by atoms with E-state index in [4.69, 9.17) is 10.6 Å². The van der Waals surface area contributed by atoms with Crippen molar-refractivity contribution in [1.82, 2.24) is 4.73 Å². The second-order valence-corrected chi connectivity index (χ2v) is 1.90. The summed E-state index contributed by atoms with van der Waals surface area (Å²) in [5, 5.41) is 18.8. The van der Waals surface area contributed by atoms with Crippen LogP contribution in [-0.2, 0) is 0 Å². The summed E-state index contributed by atoms with van der Waals surface area (Å²) in [6, 6.07) is 3.22. The van der Waals surface area contributed by atoms with E-state index >= 15 is 0 Å². The van der Waals surface area contributed by atoms with Gasteiger partial charge >= 0.3 is 0 Å². The van der Waals surface area contributed by atoms with Crippen molar-refractivity contribution in [1.29, 1.82) is 5.41 Å². The summed E-state index contributed by atoms with van der Waals surface area (Å²) in [4.78, 5) is 0. The molecule has 0 aliphatic carbocycles. The number of nitrogens with zero attached hydrogens (tertiary/aromatic N) is 1. The van der Waals surface area contributed by atoms with Gasteiger partial charge in [0.1, 0.15) is 0 Å². The molecule has 0 radical (unpaired) electrons. The first-order valence-electron chi connectivity index (χ1n) is 2.88. The Morgan fingerprint density at radius 2 is 2.30 bits per heavy atom. The van der Waals surface area contributed by atoms with Crippen molar-refractivity contribution in [2.24, 2.45) is 0 Å². The first kappa shape index (κ1) is 6.67. The van der Waals surface area contributed by atoms with Crippen LogP contribution >= 0.6 is 0 Å². The molecule has 0 atom stereocenters. The van der Waals surface area contributed by atoms with Gasteiger partial charge in [0.05, 0.1) is 11.9 Å². The van der Waals surface area contributed by atoms with E-state index in [0.29, 0.717) is 0 Å². The molecule has 0 bridgehead atoms. The predicted octanol–water partition coefficient (Wildman–Crippen LogP) is 0.247. The fourth-order valence-corrected chi connectivity index (χ4v) is 0.637. The molecular weight excluding hydrogens is 130 g/mol. The molecule has 0 saturated carbocycles. The third-order valence-electron chi connectivity index (χ3n) is 1.22. The number of anilines is 1. The Bertz CT molecular complexity index is 279. The highest BCUT2D eigenvalue weighted by Gasteiger charge is 1.88. The Hall–Kier alpha value is -1.45. The molecule has 1 aromatic rings. The lowest BCUT2D eigenvalue weighted by Crippen LogP contribution is -2.15. The lowest BCUT2D eigenvalue weighted by Gasteiger charge is -2.00. The third-order valence-corrected chi connectivity index (χ3v) is 1.22. The Labute approximate surface area is 58.2 Å². The maximum absolute atomic E-state index is 8.92. The van der Waals surface area contributed by atoms with Crippen LogP contribution in [0.3, 0.4) is 0 Å². The minimum atomic E-state index is 0.0685. The van der Waals surface area contributed by atoms with E-state index in [9.17, 15) is 0 Å². The molecule has 0 aliphatic heterocycles. The van der Waals surface area contributed by atoms with Crippen molar-refractivity contribution in [3.63, 3.8) is 0 Å². The van der Waals surface area contributed by atoms with Crippen molar-refractivity contribution in [2.45, 2.75) is 0 Å². The Morgan fingerprint density at radius 1 is 1.60 bits per heavy atom. The second kappa shape index (κ2) is 2.43. The van der Waals surface area contributed by atoms with Gasteiger partial charge in [0, 0.05) is 7.05 Å². The summed E-state index contributed by atoms with van der Waals surface area (Å²) in [5.74, 6) is 0. The van der Waals surface area contributed by atoms with Gasteiger partial charge in [-0.3, -0.25) is 5.41 Å². The molecule has 4 heteroatoms. The fraction of sp³-hybridized carbons (Fsp3) is 0.167. The summed E-state index contributed by atoms with van der Waals surface area (Å²) >= 11 is 0. The van der Waals surface area contributed by atoms with Crippen LogP contribution in [0.5, 0.6) is 0 Å². The van der Waals surface area contributed by atoms with Crippen LogP contribution in [0.25, 0.3) is 0 Å². The molecule has 0 amide bonds. The average Bonchev–Trinajstić information content (AvgIpc) is 1.95. The number of hydrogen-bond donors (Lipinski definition) is 3. The molecule has 0 unspecified atom stereocenters. The molecule has 0 saturated heterocycles. The Kier molecular flexibility index (Phi) is 1.62. The smallest absolute Gasteiger partial charge is 0.160 e. The van der Waals surface area contributed by atoms with Crippen molar-refractivity contribution < 1.29 is 5.21 Å². The van der Waals surface area contributed by atoms with Gasteiger partial charge in [-0.1, -0.05) is 0 Å². The molecule has 0 fully saturated rings. The van der Waals surface area contributed by atoms with Crippen molar-refractivity contribution in [3.05, 3.63) is 23.8 Å². The Balaban J connectivity index is 3.17. The van der Waals surface area contributed by atoms with E-state index in [1.807, 2.05) is 0 Å². The van der Waals surface area contributed by atoms with Gasteiger partial charge < -0.3 is 10.5 Å². The summed E-state index contributed by atoms with van der Waals surface area (Å²) in [5.41, 5.74) is 0.845. The maximum atomic E-state index is 8.92. The zero-order valence-corrected chi connectivity index (χ0v) is 5.63. The van der Waals surface area contributed by atoms with Gasteiger partial charge in [0.25, 0.3) is 0 Å². The van der Waals surface area contributed by atoms with E-state index < -0.39 is 0 Å². The van der Waals surface area contributed by atoms with Crippen LogP contribution in [0, 0.1) is 5.41 Å². The number of aromatic nitrogens is 1. The molecule has 0 aromatic carbocycles. The van der Waals surface area contributed by atoms with E-state index in [-0.39, 0.29) is 5.49 Å². The van der Waals surface area contributed by atoms with Gasteiger partial charge in [0.15, 0.2) is 5.49 Å². The maximum Gasteiger partial charge on any atom is 0.160 e. The largest absolute Gasteiger partial charge is 0.427 e. The highest BCUT2D eigenvalue weighted by molar-refractivity contribution is 5.38. The van der Waals surface area contributed by atoms with Crippen LogP contribution in [-0.4, -0.2) is 17.0 Å². The van der Waals surface area contributed by atoms with E-state index in [2.05, 4.69) is 5.32 Å². The third kappa shape index (κ3) is 1.10. The van der Waals surface area contributed by atoms with E-state index in [1.54, 1.807) is 13.1 Å². The number of nitrogens with one attached hydrogen (secondary N) is 2. The molecule has 4 nitrogen and oxygen atoms in total. The zero-order chi connectivity index (χ0) is 7.56. The molecule has 1 aromatic heterocycles. The molecule has 1 heterocycles. The normalized spacial score (nSPS) is 9.30. The predicted molar refractivity (Wildman–Crippen MR) is 37.0 cm³/mol. The van der Waals surface area contributed by atoms with Gasteiger partial charge in [-0.15, -0.1) is 0 Å². The fourth-order valence-electron chi connectivity index (χ4n) is 0.637.